The number of nitrogens with zero attached hydrogens (tertiary/aromatic N) is 1. The maximum atomic E-state index is 15.2. The predicted octanol–water partition coefficient (Wildman–Crippen LogP) is 2.82. The number of halogens is 3. The summed E-state index contributed by atoms with van der Waals surface area (Å²) in [4.78, 5) is 23.9. The molecule has 0 aliphatic carbocycles. The number of carbonyl (C=O) groups is 2. The van der Waals surface area contributed by atoms with Gasteiger partial charge in [-0.2, -0.15) is 0 Å². The van der Waals surface area contributed by atoms with Crippen LogP contribution in [0.15, 0.2) is 41.3 Å². The van der Waals surface area contributed by atoms with E-state index in [2.05, 4.69) is 5.32 Å². The first-order valence-corrected chi connectivity index (χ1v) is 10.5. The zero-order chi connectivity index (χ0) is 22.2. The molecule has 2 amide bonds. The fourth-order valence-corrected chi connectivity index (χ4v) is 3.99. The molecule has 12 heteroatoms. The predicted molar refractivity (Wildman–Crippen MR) is 105 cm³/mol. The van der Waals surface area contributed by atoms with Crippen molar-refractivity contribution in [2.45, 2.75) is 23.5 Å². The molecule has 0 aromatic heterocycles. The molecule has 1 aliphatic heterocycles. The van der Waals surface area contributed by atoms with E-state index < -0.39 is 63.6 Å². The van der Waals surface area contributed by atoms with Gasteiger partial charge >= 0.3 is 6.09 Å². The molecule has 0 unspecified atom stereocenters. The number of hydrogen-bond donors (Lipinski definition) is 3. The van der Waals surface area contributed by atoms with Gasteiger partial charge in [-0.05, 0) is 18.2 Å². The second kappa shape index (κ2) is 8.17. The molecule has 0 bridgehead atoms. The number of amides is 2. The van der Waals surface area contributed by atoms with Crippen molar-refractivity contribution >= 4 is 39.3 Å². The Balaban J connectivity index is 2.06. The summed E-state index contributed by atoms with van der Waals surface area (Å²) < 4.78 is 52.5. The van der Waals surface area contributed by atoms with Gasteiger partial charge in [-0.3, -0.25) is 9.69 Å². The molecule has 0 spiro atoms. The molecule has 2 aromatic carbocycles. The standard InChI is InChI=1S/C18H16ClF2N3O5S/c19-13-4-2-1-3-11(13)12-6-10(30(22,28)29)7-14(16(12)21)23-17(25)15-5-9(20)8-24(15)18(26)27/h1-4,6-7,9,15H,5,8H2,(H,23,25)(H,26,27)(H2,22,28,29)/t9-,15+/m1/s1. The molecule has 8 nitrogen and oxygen atoms in total. The third-order valence-corrected chi connectivity index (χ3v) is 5.82. The van der Waals surface area contributed by atoms with E-state index in [0.717, 1.165) is 12.1 Å². The highest BCUT2D eigenvalue weighted by Gasteiger charge is 2.40. The van der Waals surface area contributed by atoms with Crippen molar-refractivity contribution in [1.29, 1.82) is 0 Å². The lowest BCUT2D eigenvalue weighted by Gasteiger charge is -2.21. The fourth-order valence-electron chi connectivity index (χ4n) is 3.19. The van der Waals surface area contributed by atoms with E-state index in [9.17, 15) is 22.4 Å². The van der Waals surface area contributed by atoms with Crippen LogP contribution in [-0.4, -0.2) is 49.2 Å². The number of nitrogens with two attached hydrogens (primary N) is 1. The average Bonchev–Trinajstić information content (AvgIpc) is 3.05. The topological polar surface area (TPSA) is 130 Å². The lowest BCUT2D eigenvalue weighted by atomic mass is 10.0. The monoisotopic (exact) mass is 459 g/mol. The van der Waals surface area contributed by atoms with Crippen LogP contribution in [-0.2, 0) is 14.8 Å². The van der Waals surface area contributed by atoms with E-state index in [1.807, 2.05) is 0 Å². The Morgan fingerprint density at radius 2 is 1.90 bits per heavy atom. The number of nitrogens with one attached hydrogen (secondary N) is 1. The molecule has 3 rings (SSSR count). The summed E-state index contributed by atoms with van der Waals surface area (Å²) in [7, 11) is -4.30. The summed E-state index contributed by atoms with van der Waals surface area (Å²) in [5, 5.41) is 16.6. The number of sulfonamides is 1. The largest absolute Gasteiger partial charge is 0.465 e. The summed E-state index contributed by atoms with van der Waals surface area (Å²) in [6, 6.07) is 6.41. The van der Waals surface area contributed by atoms with Crippen LogP contribution in [0.25, 0.3) is 11.1 Å². The normalized spacial score (nSPS) is 19.0. The number of rotatable bonds is 4. The molecule has 0 radical (unpaired) electrons. The number of carbonyl (C=O) groups excluding carboxylic acids is 1. The van der Waals surface area contributed by atoms with E-state index in [-0.39, 0.29) is 16.1 Å². The third-order valence-electron chi connectivity index (χ3n) is 4.59. The molecule has 1 fully saturated rings. The maximum Gasteiger partial charge on any atom is 0.408 e. The van der Waals surface area contributed by atoms with Crippen molar-refractivity contribution in [1.82, 2.24) is 4.90 Å². The Morgan fingerprint density at radius 3 is 2.50 bits per heavy atom. The molecule has 30 heavy (non-hydrogen) atoms. The summed E-state index contributed by atoms with van der Waals surface area (Å²) in [6.07, 6.45) is -3.48. The van der Waals surface area contributed by atoms with Crippen LogP contribution in [0.3, 0.4) is 0 Å². The van der Waals surface area contributed by atoms with Gasteiger partial charge in [0.1, 0.15) is 12.2 Å². The molecule has 2 aromatic rings. The van der Waals surface area contributed by atoms with Crippen molar-refractivity contribution in [3.63, 3.8) is 0 Å². The smallest absolute Gasteiger partial charge is 0.408 e. The minimum atomic E-state index is -4.30. The minimum absolute atomic E-state index is 0.119. The zero-order valence-corrected chi connectivity index (χ0v) is 16.8. The second-order valence-corrected chi connectivity index (χ2v) is 8.60. The number of carboxylic acid groups (broad SMARTS) is 1. The summed E-state index contributed by atoms with van der Waals surface area (Å²) in [5.74, 6) is -2.02. The first kappa shape index (κ1) is 21.9. The number of alkyl halides is 1. The molecular weight excluding hydrogens is 444 g/mol. The Bertz CT molecular complexity index is 1130. The average molecular weight is 460 g/mol. The van der Waals surface area contributed by atoms with Gasteiger partial charge in [0.05, 0.1) is 17.1 Å². The third kappa shape index (κ3) is 4.37. The van der Waals surface area contributed by atoms with Gasteiger partial charge in [-0.1, -0.05) is 29.8 Å². The van der Waals surface area contributed by atoms with Gasteiger partial charge < -0.3 is 10.4 Å². The molecule has 160 valence electrons. The van der Waals surface area contributed by atoms with Crippen molar-refractivity contribution in [3.8, 4) is 11.1 Å². The lowest BCUT2D eigenvalue weighted by molar-refractivity contribution is -0.120. The Hall–Kier alpha value is -2.76. The highest BCUT2D eigenvalue weighted by molar-refractivity contribution is 7.89. The van der Waals surface area contributed by atoms with E-state index >= 15 is 4.39 Å². The zero-order valence-electron chi connectivity index (χ0n) is 15.2. The second-order valence-electron chi connectivity index (χ2n) is 6.63. The number of likely N-dealkylation sites (tertiary alicyclic amines) is 1. The van der Waals surface area contributed by atoms with E-state index in [0.29, 0.717) is 4.90 Å². The summed E-state index contributed by atoms with van der Waals surface area (Å²) in [5.41, 5.74) is -0.657. The fraction of sp³-hybridized carbons (Fsp3) is 0.222. The van der Waals surface area contributed by atoms with E-state index in [1.54, 1.807) is 12.1 Å². The molecule has 1 aliphatic rings. The van der Waals surface area contributed by atoms with Crippen molar-refractivity contribution in [2.24, 2.45) is 5.14 Å². The molecule has 0 saturated carbocycles. The van der Waals surface area contributed by atoms with Gasteiger partial charge in [-0.25, -0.2) is 27.1 Å². The number of hydrogen-bond acceptors (Lipinski definition) is 4. The van der Waals surface area contributed by atoms with Gasteiger partial charge in [-0.15, -0.1) is 0 Å². The van der Waals surface area contributed by atoms with Gasteiger partial charge in [0.2, 0.25) is 15.9 Å². The lowest BCUT2D eigenvalue weighted by Crippen LogP contribution is -2.42. The number of benzene rings is 2. The summed E-state index contributed by atoms with van der Waals surface area (Å²) in [6.45, 7) is -0.502. The van der Waals surface area contributed by atoms with Gasteiger partial charge in [0, 0.05) is 22.6 Å². The molecule has 1 heterocycles. The van der Waals surface area contributed by atoms with Crippen LogP contribution in [0.4, 0.5) is 19.3 Å². The minimum Gasteiger partial charge on any atom is -0.465 e. The maximum absolute atomic E-state index is 15.2. The van der Waals surface area contributed by atoms with Crippen molar-refractivity contribution < 1.29 is 31.9 Å². The first-order chi connectivity index (χ1) is 14.0. The van der Waals surface area contributed by atoms with Crippen LogP contribution >= 0.6 is 11.6 Å². The van der Waals surface area contributed by atoms with Crippen LogP contribution in [0, 0.1) is 5.82 Å². The molecule has 4 N–H and O–H groups in total. The summed E-state index contributed by atoms with van der Waals surface area (Å²) >= 11 is 6.08. The molecule has 1 saturated heterocycles. The van der Waals surface area contributed by atoms with Crippen LogP contribution < -0.4 is 10.5 Å². The van der Waals surface area contributed by atoms with Crippen LogP contribution in [0.1, 0.15) is 6.42 Å². The van der Waals surface area contributed by atoms with Crippen molar-refractivity contribution in [2.75, 3.05) is 11.9 Å². The molecular formula is C18H16ClF2N3O5S. The molecule has 2 atom stereocenters. The van der Waals surface area contributed by atoms with Crippen LogP contribution in [0.2, 0.25) is 5.02 Å². The highest BCUT2D eigenvalue weighted by Crippen LogP contribution is 2.35. The quantitative estimate of drug-likeness (QED) is 0.647. The van der Waals surface area contributed by atoms with E-state index in [4.69, 9.17) is 21.8 Å². The Kier molecular flexibility index (Phi) is 5.97. The van der Waals surface area contributed by atoms with Gasteiger partial charge in [0.15, 0.2) is 5.82 Å². The van der Waals surface area contributed by atoms with Crippen LogP contribution in [0.5, 0.6) is 0 Å². The number of primary sulfonamides is 1. The van der Waals surface area contributed by atoms with Crippen molar-refractivity contribution in [3.05, 3.63) is 47.2 Å². The first-order valence-electron chi connectivity index (χ1n) is 8.54. The Labute approximate surface area is 175 Å². The van der Waals surface area contributed by atoms with E-state index in [1.165, 1.54) is 12.1 Å². The van der Waals surface area contributed by atoms with Gasteiger partial charge in [0.25, 0.3) is 0 Å². The highest BCUT2D eigenvalue weighted by atomic mass is 35.5. The number of anilines is 1. The SMILES string of the molecule is NS(=O)(=O)c1cc(NC(=O)[C@@H]2C[C@@H](F)CN2C(=O)O)c(F)c(-c2ccccc2Cl)c1. The Morgan fingerprint density at radius 1 is 1.23 bits per heavy atom.